The van der Waals surface area contributed by atoms with E-state index < -0.39 is 20.4 Å². The zero-order valence-electron chi connectivity index (χ0n) is 11.4. The van der Waals surface area contributed by atoms with Crippen molar-refractivity contribution in [1.29, 1.82) is 0 Å². The van der Waals surface area contributed by atoms with Crippen molar-refractivity contribution in [1.82, 2.24) is 0 Å². The van der Waals surface area contributed by atoms with E-state index in [0.29, 0.717) is 0 Å². The summed E-state index contributed by atoms with van der Waals surface area (Å²) >= 11 is 0. The maximum absolute atomic E-state index is 11.6. The third kappa shape index (κ3) is 3.66. The number of para-hydroxylation sites is 1. The van der Waals surface area contributed by atoms with E-state index in [4.69, 9.17) is 0 Å². The SMILES string of the molecule is CC(C)C(C)Nc1cccc(S(C)(=O)=O)c1[N+](=O)[O-]. The summed E-state index contributed by atoms with van der Waals surface area (Å²) in [7, 11) is -3.64. The van der Waals surface area contributed by atoms with Crippen LogP contribution in [0.2, 0.25) is 0 Å². The molecular weight excluding hydrogens is 268 g/mol. The molecule has 0 heterocycles. The Balaban J connectivity index is 3.38. The third-order valence-electron chi connectivity index (χ3n) is 2.96. The van der Waals surface area contributed by atoms with Crippen molar-refractivity contribution < 1.29 is 13.3 Å². The van der Waals surface area contributed by atoms with E-state index in [2.05, 4.69) is 5.32 Å². The number of nitro groups is 1. The molecule has 0 saturated carbocycles. The lowest BCUT2D eigenvalue weighted by molar-refractivity contribution is -0.386. The molecule has 6 nitrogen and oxygen atoms in total. The topological polar surface area (TPSA) is 89.3 Å². The van der Waals surface area contributed by atoms with Crippen molar-refractivity contribution >= 4 is 21.2 Å². The van der Waals surface area contributed by atoms with E-state index in [1.54, 1.807) is 0 Å². The number of nitrogens with one attached hydrogen (secondary N) is 1. The highest BCUT2D eigenvalue weighted by Crippen LogP contribution is 2.32. The van der Waals surface area contributed by atoms with Gasteiger partial charge in [-0.3, -0.25) is 10.1 Å². The normalized spacial score (nSPS) is 13.3. The molecule has 1 N–H and O–H groups in total. The Morgan fingerprint density at radius 1 is 1.26 bits per heavy atom. The molecule has 1 aromatic carbocycles. The minimum absolute atomic E-state index is 0.00601. The number of nitrogens with zero attached hydrogens (tertiary/aromatic N) is 1. The third-order valence-corrected chi connectivity index (χ3v) is 4.09. The smallest absolute Gasteiger partial charge is 0.310 e. The van der Waals surface area contributed by atoms with Gasteiger partial charge in [0.2, 0.25) is 0 Å². The fourth-order valence-electron chi connectivity index (χ4n) is 1.54. The maximum atomic E-state index is 11.6. The number of benzene rings is 1. The standard InChI is InChI=1S/C12H18N2O4S/c1-8(2)9(3)13-10-6-5-7-11(19(4,17)18)12(10)14(15)16/h5-9,13H,1-4H3. The Morgan fingerprint density at radius 3 is 2.26 bits per heavy atom. The Bertz CT molecular complexity index is 581. The summed E-state index contributed by atoms with van der Waals surface area (Å²) in [4.78, 5) is 10.2. The van der Waals surface area contributed by atoms with Gasteiger partial charge in [-0.05, 0) is 25.0 Å². The summed E-state index contributed by atoms with van der Waals surface area (Å²) in [6.45, 7) is 5.84. The second kappa shape index (κ2) is 5.56. The molecule has 1 unspecified atom stereocenters. The average molecular weight is 286 g/mol. The van der Waals surface area contributed by atoms with Crippen molar-refractivity contribution in [2.45, 2.75) is 31.7 Å². The van der Waals surface area contributed by atoms with Gasteiger partial charge >= 0.3 is 5.69 Å². The predicted octanol–water partition coefficient (Wildman–Crippen LogP) is 2.45. The lowest BCUT2D eigenvalue weighted by Crippen LogP contribution is -2.22. The van der Waals surface area contributed by atoms with E-state index in [9.17, 15) is 18.5 Å². The van der Waals surface area contributed by atoms with Crippen molar-refractivity contribution in [3.8, 4) is 0 Å². The minimum atomic E-state index is -3.64. The van der Waals surface area contributed by atoms with E-state index in [-0.39, 0.29) is 22.5 Å². The summed E-state index contributed by atoms with van der Waals surface area (Å²) < 4.78 is 23.2. The highest BCUT2D eigenvalue weighted by molar-refractivity contribution is 7.90. The van der Waals surface area contributed by atoms with Gasteiger partial charge in [-0.15, -0.1) is 0 Å². The first-order chi connectivity index (χ1) is 8.64. The highest BCUT2D eigenvalue weighted by atomic mass is 32.2. The number of anilines is 1. The average Bonchev–Trinajstić information content (AvgIpc) is 2.26. The molecule has 106 valence electrons. The van der Waals surface area contributed by atoms with Gasteiger partial charge in [0.1, 0.15) is 10.6 Å². The number of hydrogen-bond acceptors (Lipinski definition) is 5. The molecule has 0 aliphatic heterocycles. The van der Waals surface area contributed by atoms with Crippen molar-refractivity contribution in [3.05, 3.63) is 28.3 Å². The van der Waals surface area contributed by atoms with Crippen LogP contribution in [-0.2, 0) is 9.84 Å². The molecule has 1 atom stereocenters. The first-order valence-corrected chi connectivity index (χ1v) is 7.77. The van der Waals surface area contributed by atoms with Crippen LogP contribution in [0.3, 0.4) is 0 Å². The Hall–Kier alpha value is -1.63. The van der Waals surface area contributed by atoms with Gasteiger partial charge < -0.3 is 5.32 Å². The minimum Gasteiger partial charge on any atom is -0.377 e. The van der Waals surface area contributed by atoms with Crippen molar-refractivity contribution in [3.63, 3.8) is 0 Å². The molecule has 7 heteroatoms. The highest BCUT2D eigenvalue weighted by Gasteiger charge is 2.26. The molecule has 0 radical (unpaired) electrons. The number of sulfone groups is 1. The van der Waals surface area contributed by atoms with Gasteiger partial charge in [0.15, 0.2) is 9.84 Å². The molecule has 19 heavy (non-hydrogen) atoms. The molecule has 0 aliphatic rings. The predicted molar refractivity (Wildman–Crippen MR) is 74.1 cm³/mol. The maximum Gasteiger partial charge on any atom is 0.310 e. The summed E-state index contributed by atoms with van der Waals surface area (Å²) in [6.07, 6.45) is 0.963. The second-order valence-electron chi connectivity index (χ2n) is 4.86. The van der Waals surface area contributed by atoms with Crippen molar-refractivity contribution in [2.24, 2.45) is 5.92 Å². The fourth-order valence-corrected chi connectivity index (χ4v) is 2.40. The molecule has 0 saturated heterocycles. The van der Waals surface area contributed by atoms with Crippen LogP contribution in [0.15, 0.2) is 23.1 Å². The van der Waals surface area contributed by atoms with Crippen LogP contribution in [0.25, 0.3) is 0 Å². The van der Waals surface area contributed by atoms with Crippen LogP contribution in [-0.4, -0.2) is 25.6 Å². The largest absolute Gasteiger partial charge is 0.377 e. The van der Waals surface area contributed by atoms with E-state index in [0.717, 1.165) is 6.26 Å². The van der Waals surface area contributed by atoms with Crippen LogP contribution >= 0.6 is 0 Å². The lowest BCUT2D eigenvalue weighted by atomic mass is 10.1. The quantitative estimate of drug-likeness (QED) is 0.663. The molecule has 1 aromatic rings. The first kappa shape index (κ1) is 15.4. The van der Waals surface area contributed by atoms with Gasteiger partial charge in [0.05, 0.1) is 4.92 Å². The molecular formula is C12H18N2O4S. The molecule has 0 aromatic heterocycles. The molecule has 1 rings (SSSR count). The monoisotopic (exact) mass is 286 g/mol. The van der Waals surface area contributed by atoms with Gasteiger partial charge in [-0.2, -0.15) is 0 Å². The van der Waals surface area contributed by atoms with Gasteiger partial charge in [-0.1, -0.05) is 19.9 Å². The Labute approximate surface area is 112 Å². The Morgan fingerprint density at radius 2 is 1.84 bits per heavy atom. The van der Waals surface area contributed by atoms with Gasteiger partial charge in [0.25, 0.3) is 0 Å². The number of rotatable bonds is 5. The van der Waals surface area contributed by atoms with Crippen LogP contribution < -0.4 is 5.32 Å². The first-order valence-electron chi connectivity index (χ1n) is 5.88. The molecule has 0 spiro atoms. The summed E-state index contributed by atoms with van der Waals surface area (Å²) in [5, 5.41) is 14.1. The lowest BCUT2D eigenvalue weighted by Gasteiger charge is -2.19. The van der Waals surface area contributed by atoms with E-state index in [1.807, 2.05) is 20.8 Å². The summed E-state index contributed by atoms with van der Waals surface area (Å²) in [5.41, 5.74) is -0.161. The molecule has 0 fully saturated rings. The summed E-state index contributed by atoms with van der Waals surface area (Å²) in [6, 6.07) is 4.26. The van der Waals surface area contributed by atoms with Crippen LogP contribution in [0.5, 0.6) is 0 Å². The van der Waals surface area contributed by atoms with Gasteiger partial charge in [-0.25, -0.2) is 8.42 Å². The van der Waals surface area contributed by atoms with Crippen molar-refractivity contribution in [2.75, 3.05) is 11.6 Å². The number of hydrogen-bond donors (Lipinski definition) is 1. The molecule has 0 amide bonds. The van der Waals surface area contributed by atoms with Crippen LogP contribution in [0, 0.1) is 16.0 Å². The molecule has 0 bridgehead atoms. The Kier molecular flexibility index (Phi) is 4.52. The zero-order valence-corrected chi connectivity index (χ0v) is 12.2. The van der Waals surface area contributed by atoms with Gasteiger partial charge in [0, 0.05) is 12.3 Å². The number of nitro benzene ring substituents is 1. The zero-order chi connectivity index (χ0) is 14.8. The van der Waals surface area contributed by atoms with Crippen LogP contribution in [0.4, 0.5) is 11.4 Å². The second-order valence-corrected chi connectivity index (χ2v) is 6.84. The van der Waals surface area contributed by atoms with E-state index >= 15 is 0 Å². The van der Waals surface area contributed by atoms with Crippen LogP contribution in [0.1, 0.15) is 20.8 Å². The molecule has 0 aliphatic carbocycles. The van der Waals surface area contributed by atoms with E-state index in [1.165, 1.54) is 18.2 Å². The summed E-state index contributed by atoms with van der Waals surface area (Å²) in [5.74, 6) is 0.265. The fraction of sp³-hybridized carbons (Fsp3) is 0.500.